The number of nitrogens with zero attached hydrogens (tertiary/aromatic N) is 1. The van der Waals surface area contributed by atoms with Crippen molar-refractivity contribution in [2.75, 3.05) is 6.54 Å². The highest BCUT2D eigenvalue weighted by Gasteiger charge is 2.16. The van der Waals surface area contributed by atoms with Crippen molar-refractivity contribution < 1.29 is 0 Å². The summed E-state index contributed by atoms with van der Waals surface area (Å²) in [5.41, 5.74) is 0.350. The maximum atomic E-state index is 8.56. The molecular formula is C11H22N2. The first-order chi connectivity index (χ1) is 6.05. The molecule has 0 fully saturated rings. The largest absolute Gasteiger partial charge is 0.312 e. The van der Waals surface area contributed by atoms with Crippen LogP contribution in [-0.2, 0) is 0 Å². The van der Waals surface area contributed by atoms with Crippen LogP contribution in [0.2, 0.25) is 0 Å². The molecule has 0 saturated heterocycles. The van der Waals surface area contributed by atoms with Gasteiger partial charge in [-0.1, -0.05) is 27.7 Å². The van der Waals surface area contributed by atoms with E-state index in [-0.39, 0.29) is 0 Å². The molecule has 0 saturated carbocycles. The number of rotatable bonds is 6. The fourth-order valence-electron chi connectivity index (χ4n) is 1.02. The minimum atomic E-state index is 0.350. The number of nitrogens with one attached hydrogen (secondary N) is 1. The molecule has 2 heteroatoms. The van der Waals surface area contributed by atoms with Gasteiger partial charge in [-0.05, 0) is 18.3 Å². The monoisotopic (exact) mass is 182 g/mol. The highest BCUT2D eigenvalue weighted by Crippen LogP contribution is 2.18. The standard InChI is InChI=1S/C11H22N2/c1-5-10(7-8-12)13-9-11(3,4)6-2/h10,13H,5-7,9H2,1-4H3. The van der Waals surface area contributed by atoms with Gasteiger partial charge < -0.3 is 5.32 Å². The zero-order valence-corrected chi connectivity index (χ0v) is 9.35. The Morgan fingerprint density at radius 3 is 2.38 bits per heavy atom. The summed E-state index contributed by atoms with van der Waals surface area (Å²) in [4.78, 5) is 0. The number of nitriles is 1. The molecule has 0 aromatic heterocycles. The summed E-state index contributed by atoms with van der Waals surface area (Å²) in [7, 11) is 0. The summed E-state index contributed by atoms with van der Waals surface area (Å²) in [6.07, 6.45) is 2.83. The Labute approximate surface area is 82.3 Å². The molecule has 0 aromatic rings. The average Bonchev–Trinajstić information content (AvgIpc) is 2.12. The summed E-state index contributed by atoms with van der Waals surface area (Å²) < 4.78 is 0. The molecular weight excluding hydrogens is 160 g/mol. The molecule has 0 radical (unpaired) electrons. The van der Waals surface area contributed by atoms with Gasteiger partial charge in [-0.15, -0.1) is 0 Å². The fraction of sp³-hybridized carbons (Fsp3) is 0.909. The predicted octanol–water partition coefficient (Wildman–Crippen LogP) is 2.70. The Bertz CT molecular complexity index is 167. The third kappa shape index (κ3) is 5.65. The third-order valence-corrected chi connectivity index (χ3v) is 2.66. The van der Waals surface area contributed by atoms with Crippen LogP contribution in [-0.4, -0.2) is 12.6 Å². The first-order valence-electron chi connectivity index (χ1n) is 5.16. The van der Waals surface area contributed by atoms with Gasteiger partial charge in [0.25, 0.3) is 0 Å². The third-order valence-electron chi connectivity index (χ3n) is 2.66. The molecule has 1 unspecified atom stereocenters. The lowest BCUT2D eigenvalue weighted by Crippen LogP contribution is -2.36. The van der Waals surface area contributed by atoms with Crippen LogP contribution in [0.1, 0.15) is 47.0 Å². The van der Waals surface area contributed by atoms with E-state index in [1.165, 1.54) is 6.42 Å². The lowest BCUT2D eigenvalue weighted by atomic mass is 9.90. The summed E-state index contributed by atoms with van der Waals surface area (Å²) in [6.45, 7) is 9.82. The molecule has 0 bridgehead atoms. The minimum Gasteiger partial charge on any atom is -0.312 e. The Kier molecular flexibility index (Phi) is 5.73. The molecule has 13 heavy (non-hydrogen) atoms. The normalized spacial score (nSPS) is 13.8. The summed E-state index contributed by atoms with van der Waals surface area (Å²) in [5.74, 6) is 0. The molecule has 0 aliphatic carbocycles. The summed E-state index contributed by atoms with van der Waals surface area (Å²) >= 11 is 0. The van der Waals surface area contributed by atoms with Gasteiger partial charge >= 0.3 is 0 Å². The van der Waals surface area contributed by atoms with Gasteiger partial charge in [-0.2, -0.15) is 5.26 Å². The van der Waals surface area contributed by atoms with Gasteiger partial charge in [0.05, 0.1) is 12.5 Å². The van der Waals surface area contributed by atoms with Gasteiger partial charge in [-0.3, -0.25) is 0 Å². The van der Waals surface area contributed by atoms with Crippen LogP contribution < -0.4 is 5.32 Å². The maximum absolute atomic E-state index is 8.56. The number of hydrogen-bond acceptors (Lipinski definition) is 2. The lowest BCUT2D eigenvalue weighted by Gasteiger charge is -2.25. The Morgan fingerprint density at radius 2 is 2.00 bits per heavy atom. The SMILES string of the molecule is CCC(CC#N)NCC(C)(C)CC. The van der Waals surface area contributed by atoms with Crippen molar-refractivity contribution in [2.24, 2.45) is 5.41 Å². The van der Waals surface area contributed by atoms with Crippen molar-refractivity contribution in [3.05, 3.63) is 0 Å². The van der Waals surface area contributed by atoms with Crippen LogP contribution in [0.4, 0.5) is 0 Å². The van der Waals surface area contributed by atoms with Crippen molar-refractivity contribution >= 4 is 0 Å². The van der Waals surface area contributed by atoms with Gasteiger partial charge in [0.2, 0.25) is 0 Å². The second kappa shape index (κ2) is 5.99. The van der Waals surface area contributed by atoms with Gasteiger partial charge in [0, 0.05) is 12.6 Å². The molecule has 0 heterocycles. The molecule has 0 aliphatic heterocycles. The van der Waals surface area contributed by atoms with E-state index in [2.05, 4.69) is 39.1 Å². The van der Waals surface area contributed by atoms with Gasteiger partial charge in [-0.25, -0.2) is 0 Å². The first-order valence-corrected chi connectivity index (χ1v) is 5.16. The van der Waals surface area contributed by atoms with Crippen molar-refractivity contribution in [2.45, 2.75) is 53.0 Å². The van der Waals surface area contributed by atoms with Crippen molar-refractivity contribution in [1.82, 2.24) is 5.32 Å². The van der Waals surface area contributed by atoms with E-state index < -0.39 is 0 Å². The topological polar surface area (TPSA) is 35.8 Å². The quantitative estimate of drug-likeness (QED) is 0.685. The van der Waals surface area contributed by atoms with E-state index in [1.54, 1.807) is 0 Å². The van der Waals surface area contributed by atoms with Crippen LogP contribution in [0.3, 0.4) is 0 Å². The molecule has 1 atom stereocenters. The summed E-state index contributed by atoms with van der Waals surface area (Å²) in [5, 5.41) is 12.0. The van der Waals surface area contributed by atoms with E-state index in [4.69, 9.17) is 5.26 Å². The average molecular weight is 182 g/mol. The Balaban J connectivity index is 3.78. The van der Waals surface area contributed by atoms with E-state index in [0.717, 1.165) is 13.0 Å². The van der Waals surface area contributed by atoms with Crippen molar-refractivity contribution in [3.8, 4) is 6.07 Å². The van der Waals surface area contributed by atoms with Gasteiger partial charge in [0.1, 0.15) is 0 Å². The molecule has 76 valence electrons. The summed E-state index contributed by atoms with van der Waals surface area (Å²) in [6, 6.07) is 2.58. The van der Waals surface area contributed by atoms with E-state index >= 15 is 0 Å². The minimum absolute atomic E-state index is 0.350. The second-order valence-corrected chi connectivity index (χ2v) is 4.37. The fourth-order valence-corrected chi connectivity index (χ4v) is 1.02. The lowest BCUT2D eigenvalue weighted by molar-refractivity contribution is 0.306. The molecule has 0 aromatic carbocycles. The van der Waals surface area contributed by atoms with Crippen LogP contribution in [0.5, 0.6) is 0 Å². The number of hydrogen-bond donors (Lipinski definition) is 1. The smallest absolute Gasteiger partial charge is 0.0638 e. The molecule has 2 nitrogen and oxygen atoms in total. The van der Waals surface area contributed by atoms with E-state index in [1.807, 2.05) is 0 Å². The van der Waals surface area contributed by atoms with Crippen LogP contribution >= 0.6 is 0 Å². The van der Waals surface area contributed by atoms with Crippen LogP contribution in [0.25, 0.3) is 0 Å². The second-order valence-electron chi connectivity index (χ2n) is 4.37. The molecule has 0 amide bonds. The van der Waals surface area contributed by atoms with Crippen LogP contribution in [0, 0.1) is 16.7 Å². The molecule has 1 N–H and O–H groups in total. The molecule has 0 spiro atoms. The zero-order valence-electron chi connectivity index (χ0n) is 9.35. The van der Waals surface area contributed by atoms with E-state index in [0.29, 0.717) is 17.9 Å². The maximum Gasteiger partial charge on any atom is 0.0638 e. The van der Waals surface area contributed by atoms with Crippen molar-refractivity contribution in [1.29, 1.82) is 5.26 Å². The highest BCUT2D eigenvalue weighted by molar-refractivity contribution is 4.81. The molecule has 0 rings (SSSR count). The van der Waals surface area contributed by atoms with Crippen LogP contribution in [0.15, 0.2) is 0 Å². The predicted molar refractivity (Wildman–Crippen MR) is 56.4 cm³/mol. The van der Waals surface area contributed by atoms with Gasteiger partial charge in [0.15, 0.2) is 0 Å². The first kappa shape index (κ1) is 12.4. The molecule has 0 aliphatic rings. The van der Waals surface area contributed by atoms with E-state index in [9.17, 15) is 0 Å². The highest BCUT2D eigenvalue weighted by atomic mass is 14.9. The zero-order chi connectivity index (χ0) is 10.3. The van der Waals surface area contributed by atoms with Crippen molar-refractivity contribution in [3.63, 3.8) is 0 Å². The Morgan fingerprint density at radius 1 is 1.38 bits per heavy atom. The Hall–Kier alpha value is -0.550.